The minimum Gasteiger partial charge on any atom is -0.490 e. The summed E-state index contributed by atoms with van der Waals surface area (Å²) in [5, 5.41) is 0.0565. The van der Waals surface area contributed by atoms with E-state index in [1.54, 1.807) is 15.9 Å². The SMILES string of the molecule is C[C@@H]1CN(C(=O)C(N)=C2CCCC2=NCC(=O)N2CCC(Oc3ccc(Cl)c(F)c3)CC2)C[C@H](C)O1. The molecule has 8 nitrogen and oxygen atoms in total. The number of rotatable bonds is 5. The number of hydrogen-bond acceptors (Lipinski definition) is 6. The quantitative estimate of drug-likeness (QED) is 0.601. The van der Waals surface area contributed by atoms with Gasteiger partial charge in [0.25, 0.3) is 5.91 Å². The van der Waals surface area contributed by atoms with Crippen LogP contribution in [0.4, 0.5) is 4.39 Å². The van der Waals surface area contributed by atoms with Crippen molar-refractivity contribution in [3.05, 3.63) is 40.3 Å². The third kappa shape index (κ3) is 6.37. The van der Waals surface area contributed by atoms with Gasteiger partial charge in [-0.1, -0.05) is 11.6 Å². The molecule has 10 heteroatoms. The Morgan fingerprint density at radius 3 is 2.53 bits per heavy atom. The maximum atomic E-state index is 13.6. The zero-order valence-corrected chi connectivity index (χ0v) is 21.6. The van der Waals surface area contributed by atoms with Gasteiger partial charge in [0.1, 0.15) is 29.9 Å². The van der Waals surface area contributed by atoms with Crippen LogP contribution in [0.25, 0.3) is 0 Å². The fourth-order valence-corrected chi connectivity index (χ4v) is 5.18. The van der Waals surface area contributed by atoms with Crippen molar-refractivity contribution in [2.24, 2.45) is 10.7 Å². The summed E-state index contributed by atoms with van der Waals surface area (Å²) in [5.74, 6) is -0.333. The smallest absolute Gasteiger partial charge is 0.270 e. The molecule has 0 aromatic heterocycles. The highest BCUT2D eigenvalue weighted by molar-refractivity contribution is 6.30. The van der Waals surface area contributed by atoms with E-state index in [-0.39, 0.29) is 47.4 Å². The molecular formula is C26H34ClFN4O4. The number of likely N-dealkylation sites (tertiary alicyclic amines) is 1. The summed E-state index contributed by atoms with van der Waals surface area (Å²) in [6.07, 6.45) is 3.39. The molecule has 36 heavy (non-hydrogen) atoms. The van der Waals surface area contributed by atoms with E-state index >= 15 is 0 Å². The summed E-state index contributed by atoms with van der Waals surface area (Å²) < 4.78 is 25.2. The van der Waals surface area contributed by atoms with Gasteiger partial charge in [-0.25, -0.2) is 4.39 Å². The standard InChI is InChI=1S/C26H34ClFN4O4/c1-16-14-32(15-17(2)35-16)26(34)25(29)20-4-3-5-23(20)30-13-24(33)31-10-8-18(9-11-31)36-19-6-7-21(27)22(28)12-19/h6-7,12,16-18H,3-5,8-11,13-15,29H2,1-2H3/t16-,17+. The van der Waals surface area contributed by atoms with Crippen molar-refractivity contribution in [3.63, 3.8) is 0 Å². The monoisotopic (exact) mass is 520 g/mol. The van der Waals surface area contributed by atoms with Crippen LogP contribution in [0.15, 0.2) is 34.5 Å². The van der Waals surface area contributed by atoms with Gasteiger partial charge in [-0.05, 0) is 45.2 Å². The average molecular weight is 521 g/mol. The first-order valence-electron chi connectivity index (χ1n) is 12.6. The molecule has 1 saturated carbocycles. The van der Waals surface area contributed by atoms with E-state index in [4.69, 9.17) is 26.8 Å². The molecule has 196 valence electrons. The lowest BCUT2D eigenvalue weighted by Gasteiger charge is -2.35. The van der Waals surface area contributed by atoms with E-state index < -0.39 is 5.82 Å². The van der Waals surface area contributed by atoms with Crippen molar-refractivity contribution >= 4 is 29.1 Å². The summed E-state index contributed by atoms with van der Waals surface area (Å²) in [6, 6.07) is 4.39. The second-order valence-electron chi connectivity index (χ2n) is 9.75. The summed E-state index contributed by atoms with van der Waals surface area (Å²) in [6.45, 7) is 6.02. The molecule has 2 atom stereocenters. The van der Waals surface area contributed by atoms with Crippen LogP contribution in [0.3, 0.4) is 0 Å². The largest absolute Gasteiger partial charge is 0.490 e. The fraction of sp³-hybridized carbons (Fsp3) is 0.577. The second kappa shape index (κ2) is 11.6. The number of ether oxygens (including phenoxy) is 2. The minimum absolute atomic E-state index is 0.0276. The lowest BCUT2D eigenvalue weighted by atomic mass is 10.1. The predicted octanol–water partition coefficient (Wildman–Crippen LogP) is 3.32. The number of carbonyl (C=O) groups is 2. The van der Waals surface area contributed by atoms with E-state index in [9.17, 15) is 14.0 Å². The summed E-state index contributed by atoms with van der Waals surface area (Å²) in [5.41, 5.74) is 8.06. The van der Waals surface area contributed by atoms with Crippen molar-refractivity contribution < 1.29 is 23.5 Å². The fourth-order valence-electron chi connectivity index (χ4n) is 5.06. The van der Waals surface area contributed by atoms with Crippen LogP contribution in [0, 0.1) is 5.82 Å². The molecule has 3 aliphatic rings. The Hall–Kier alpha value is -2.65. The Labute approximate surface area is 216 Å². The first kappa shape index (κ1) is 26.4. The summed E-state index contributed by atoms with van der Waals surface area (Å²) in [4.78, 5) is 33.9. The summed E-state index contributed by atoms with van der Waals surface area (Å²) in [7, 11) is 0. The predicted molar refractivity (Wildman–Crippen MR) is 136 cm³/mol. The molecule has 2 amide bonds. The molecule has 3 fully saturated rings. The molecule has 4 rings (SSSR count). The number of aliphatic imine (C=N–C) groups is 1. The topological polar surface area (TPSA) is 97.5 Å². The van der Waals surface area contributed by atoms with Crippen molar-refractivity contribution in [3.8, 4) is 5.75 Å². The van der Waals surface area contributed by atoms with Crippen LogP contribution in [-0.2, 0) is 14.3 Å². The number of morpholine rings is 1. The maximum Gasteiger partial charge on any atom is 0.270 e. The van der Waals surface area contributed by atoms with Gasteiger partial charge in [-0.2, -0.15) is 0 Å². The number of amides is 2. The Morgan fingerprint density at radius 1 is 1.17 bits per heavy atom. The number of nitrogens with zero attached hydrogens (tertiary/aromatic N) is 3. The Morgan fingerprint density at radius 2 is 1.86 bits per heavy atom. The number of hydrogen-bond donors (Lipinski definition) is 1. The molecule has 2 N–H and O–H groups in total. The molecule has 0 radical (unpaired) electrons. The molecule has 2 heterocycles. The number of benzene rings is 1. The zero-order chi connectivity index (χ0) is 25.8. The first-order valence-corrected chi connectivity index (χ1v) is 13.0. The number of nitrogens with two attached hydrogens (primary N) is 1. The van der Waals surface area contributed by atoms with Crippen molar-refractivity contribution in [2.45, 2.75) is 64.3 Å². The maximum absolute atomic E-state index is 13.6. The third-order valence-corrected chi connectivity index (χ3v) is 7.15. The van der Waals surface area contributed by atoms with Crippen molar-refractivity contribution in [2.75, 3.05) is 32.7 Å². The van der Waals surface area contributed by atoms with Crippen molar-refractivity contribution in [1.29, 1.82) is 0 Å². The van der Waals surface area contributed by atoms with Gasteiger partial charge < -0.3 is 25.0 Å². The lowest BCUT2D eigenvalue weighted by Crippen LogP contribution is -2.49. The van der Waals surface area contributed by atoms with Crippen LogP contribution < -0.4 is 10.5 Å². The number of halogens is 2. The molecule has 0 bridgehead atoms. The van der Waals surface area contributed by atoms with Gasteiger partial charge >= 0.3 is 0 Å². The molecule has 2 aliphatic heterocycles. The second-order valence-corrected chi connectivity index (χ2v) is 10.2. The number of allylic oxidation sites excluding steroid dienone is 1. The molecule has 0 spiro atoms. The first-order chi connectivity index (χ1) is 17.2. The number of piperidine rings is 1. The van der Waals surface area contributed by atoms with E-state index in [0.717, 1.165) is 17.7 Å². The van der Waals surface area contributed by atoms with Gasteiger partial charge in [-0.3, -0.25) is 14.6 Å². The Balaban J connectivity index is 1.31. The van der Waals surface area contributed by atoms with Crippen LogP contribution in [0.1, 0.15) is 46.0 Å². The average Bonchev–Trinajstić information content (AvgIpc) is 3.32. The number of carbonyl (C=O) groups excluding carboxylic acids is 2. The normalized spacial score (nSPS) is 25.8. The van der Waals surface area contributed by atoms with Crippen LogP contribution in [0.5, 0.6) is 5.75 Å². The minimum atomic E-state index is -0.516. The summed E-state index contributed by atoms with van der Waals surface area (Å²) >= 11 is 5.72. The van der Waals surface area contributed by atoms with Crippen LogP contribution in [0.2, 0.25) is 5.02 Å². The van der Waals surface area contributed by atoms with Crippen LogP contribution >= 0.6 is 11.6 Å². The van der Waals surface area contributed by atoms with Crippen molar-refractivity contribution in [1.82, 2.24) is 9.80 Å². The zero-order valence-electron chi connectivity index (χ0n) is 20.8. The molecule has 2 saturated heterocycles. The van der Waals surface area contributed by atoms with Gasteiger partial charge in [0.15, 0.2) is 0 Å². The van der Waals surface area contributed by atoms with E-state index in [2.05, 4.69) is 4.99 Å². The highest BCUT2D eigenvalue weighted by Crippen LogP contribution is 2.26. The van der Waals surface area contributed by atoms with Gasteiger partial charge in [0.05, 0.1) is 17.2 Å². The molecule has 1 aliphatic carbocycles. The molecule has 0 unspecified atom stereocenters. The highest BCUT2D eigenvalue weighted by atomic mass is 35.5. The molecule has 1 aromatic rings. The van der Waals surface area contributed by atoms with E-state index in [0.29, 0.717) is 57.6 Å². The van der Waals surface area contributed by atoms with Gasteiger partial charge in [0.2, 0.25) is 5.91 Å². The van der Waals surface area contributed by atoms with E-state index in [1.165, 1.54) is 12.1 Å². The Kier molecular flexibility index (Phi) is 8.51. The molecular weight excluding hydrogens is 487 g/mol. The molecule has 1 aromatic carbocycles. The Bertz CT molecular complexity index is 1040. The third-order valence-electron chi connectivity index (χ3n) is 6.84. The van der Waals surface area contributed by atoms with Gasteiger partial charge in [0, 0.05) is 56.4 Å². The van der Waals surface area contributed by atoms with Gasteiger partial charge in [-0.15, -0.1) is 0 Å². The lowest BCUT2D eigenvalue weighted by molar-refractivity contribution is -0.139. The van der Waals surface area contributed by atoms with E-state index in [1.807, 2.05) is 13.8 Å². The highest BCUT2D eigenvalue weighted by Gasteiger charge is 2.30. The van der Waals surface area contributed by atoms with Crippen LogP contribution in [-0.4, -0.2) is 78.4 Å².